The van der Waals surface area contributed by atoms with Crippen molar-refractivity contribution in [3.8, 4) is 0 Å². The highest BCUT2D eigenvalue weighted by molar-refractivity contribution is 6.02. The summed E-state index contributed by atoms with van der Waals surface area (Å²) in [6.45, 7) is 0. The van der Waals surface area contributed by atoms with Crippen molar-refractivity contribution in [1.29, 1.82) is 0 Å². The van der Waals surface area contributed by atoms with Crippen LogP contribution < -0.4 is 0 Å². The minimum Gasteiger partial charge on any atom is -0.382 e. The normalized spacial score (nSPS) is 19.0. The number of carbonyl (C=O) groups excluding carboxylic acids is 1. The number of ketones is 1. The fourth-order valence-corrected chi connectivity index (χ4v) is 2.29. The molecule has 4 heteroatoms. The number of hydrogen-bond acceptors (Lipinski definition) is 2. The van der Waals surface area contributed by atoms with Crippen LogP contribution in [0.5, 0.6) is 0 Å². The van der Waals surface area contributed by atoms with Crippen molar-refractivity contribution in [3.63, 3.8) is 0 Å². The summed E-state index contributed by atoms with van der Waals surface area (Å²) in [6, 6.07) is 2.79. The van der Waals surface area contributed by atoms with E-state index in [9.17, 15) is 18.7 Å². The largest absolute Gasteiger partial charge is 0.382 e. The summed E-state index contributed by atoms with van der Waals surface area (Å²) in [7, 11) is 0. The van der Waals surface area contributed by atoms with Gasteiger partial charge in [-0.05, 0) is 25.0 Å². The van der Waals surface area contributed by atoms with Crippen molar-refractivity contribution in [2.45, 2.75) is 37.7 Å². The Labute approximate surface area is 98.3 Å². The van der Waals surface area contributed by atoms with Crippen LogP contribution in [0.25, 0.3) is 0 Å². The fraction of sp³-hybridized carbons (Fsp3) is 0.462. The zero-order valence-corrected chi connectivity index (χ0v) is 9.38. The van der Waals surface area contributed by atoms with E-state index >= 15 is 0 Å². The van der Waals surface area contributed by atoms with Gasteiger partial charge in [0.25, 0.3) is 0 Å². The van der Waals surface area contributed by atoms with E-state index in [0.717, 1.165) is 31.4 Å². The molecule has 0 saturated heterocycles. The SMILES string of the molecule is O=C(c1ccc(F)cc1F)C1(O)CCCCC1. The Balaban J connectivity index is 2.30. The van der Waals surface area contributed by atoms with Crippen LogP contribution in [0.2, 0.25) is 0 Å². The average Bonchev–Trinajstić information content (AvgIpc) is 2.29. The number of carbonyl (C=O) groups is 1. The molecule has 2 nitrogen and oxygen atoms in total. The smallest absolute Gasteiger partial charge is 0.197 e. The molecule has 0 spiro atoms. The number of aliphatic hydroxyl groups is 1. The molecule has 1 saturated carbocycles. The molecule has 1 aromatic rings. The topological polar surface area (TPSA) is 37.3 Å². The van der Waals surface area contributed by atoms with Crippen molar-refractivity contribution in [2.24, 2.45) is 0 Å². The summed E-state index contributed by atoms with van der Waals surface area (Å²) in [6.07, 6.45) is 3.18. The maximum absolute atomic E-state index is 13.5. The lowest BCUT2D eigenvalue weighted by Gasteiger charge is -2.30. The molecular formula is C13H14F2O2. The van der Waals surface area contributed by atoms with Crippen molar-refractivity contribution in [1.82, 2.24) is 0 Å². The first-order chi connectivity index (χ1) is 8.03. The van der Waals surface area contributed by atoms with E-state index < -0.39 is 23.0 Å². The Hall–Kier alpha value is -1.29. The second kappa shape index (κ2) is 4.53. The number of rotatable bonds is 2. The predicted octanol–water partition coefficient (Wildman–Crippen LogP) is 2.84. The van der Waals surface area contributed by atoms with Gasteiger partial charge in [0, 0.05) is 6.07 Å². The van der Waals surface area contributed by atoms with Crippen LogP contribution in [0.1, 0.15) is 42.5 Å². The molecule has 0 atom stereocenters. The van der Waals surface area contributed by atoms with Crippen LogP contribution in [0, 0.1) is 11.6 Å². The molecule has 2 rings (SSSR count). The summed E-state index contributed by atoms with van der Waals surface area (Å²) in [4.78, 5) is 12.0. The molecule has 0 heterocycles. The van der Waals surface area contributed by atoms with E-state index in [4.69, 9.17) is 0 Å². The summed E-state index contributed by atoms with van der Waals surface area (Å²) in [5.74, 6) is -2.27. The molecule has 0 aromatic heterocycles. The Morgan fingerprint density at radius 1 is 1.18 bits per heavy atom. The zero-order valence-electron chi connectivity index (χ0n) is 9.38. The molecule has 0 aliphatic heterocycles. The molecule has 1 N–H and O–H groups in total. The summed E-state index contributed by atoms with van der Waals surface area (Å²) >= 11 is 0. The van der Waals surface area contributed by atoms with Crippen LogP contribution in [-0.2, 0) is 0 Å². The molecule has 1 fully saturated rings. The molecule has 0 amide bonds. The molecule has 92 valence electrons. The third kappa shape index (κ3) is 2.36. The van der Waals surface area contributed by atoms with E-state index in [2.05, 4.69) is 0 Å². The maximum atomic E-state index is 13.5. The second-order valence-corrected chi connectivity index (χ2v) is 4.55. The van der Waals surface area contributed by atoms with E-state index in [1.165, 1.54) is 0 Å². The Morgan fingerprint density at radius 2 is 1.82 bits per heavy atom. The van der Waals surface area contributed by atoms with Gasteiger partial charge in [-0.25, -0.2) is 8.78 Å². The molecule has 17 heavy (non-hydrogen) atoms. The lowest BCUT2D eigenvalue weighted by molar-refractivity contribution is 0.0112. The first kappa shape index (κ1) is 12.2. The molecule has 0 bridgehead atoms. The van der Waals surface area contributed by atoms with Crippen LogP contribution >= 0.6 is 0 Å². The number of benzene rings is 1. The van der Waals surface area contributed by atoms with E-state index in [0.29, 0.717) is 18.9 Å². The molecule has 0 unspecified atom stereocenters. The van der Waals surface area contributed by atoms with Gasteiger partial charge in [-0.15, -0.1) is 0 Å². The molecule has 1 aromatic carbocycles. The third-order valence-corrected chi connectivity index (χ3v) is 3.28. The summed E-state index contributed by atoms with van der Waals surface area (Å²) in [5.41, 5.74) is -1.70. The van der Waals surface area contributed by atoms with Crippen molar-refractivity contribution in [3.05, 3.63) is 35.4 Å². The Bertz CT molecular complexity index is 437. The van der Waals surface area contributed by atoms with E-state index in [1.807, 2.05) is 0 Å². The van der Waals surface area contributed by atoms with Crippen LogP contribution in [0.3, 0.4) is 0 Å². The Kier molecular flexibility index (Phi) is 3.24. The Morgan fingerprint density at radius 3 is 2.41 bits per heavy atom. The summed E-state index contributed by atoms with van der Waals surface area (Å²) in [5, 5.41) is 10.2. The minimum atomic E-state index is -1.48. The van der Waals surface area contributed by atoms with Gasteiger partial charge in [0.2, 0.25) is 0 Å². The van der Waals surface area contributed by atoms with Gasteiger partial charge in [0.1, 0.15) is 17.2 Å². The van der Waals surface area contributed by atoms with Gasteiger partial charge in [0.05, 0.1) is 5.56 Å². The van der Waals surface area contributed by atoms with Crippen molar-refractivity contribution >= 4 is 5.78 Å². The second-order valence-electron chi connectivity index (χ2n) is 4.55. The standard InChI is InChI=1S/C13H14F2O2/c14-9-4-5-10(11(15)8-9)12(16)13(17)6-2-1-3-7-13/h4-5,8,17H,1-3,6-7H2. The van der Waals surface area contributed by atoms with Gasteiger partial charge >= 0.3 is 0 Å². The first-order valence-electron chi connectivity index (χ1n) is 5.75. The molecule has 1 aliphatic rings. The molecule has 0 radical (unpaired) electrons. The van der Waals surface area contributed by atoms with Gasteiger partial charge < -0.3 is 5.11 Å². The quantitative estimate of drug-likeness (QED) is 0.807. The fourth-order valence-electron chi connectivity index (χ4n) is 2.29. The van der Waals surface area contributed by atoms with E-state index in [1.54, 1.807) is 0 Å². The van der Waals surface area contributed by atoms with Gasteiger partial charge in [-0.2, -0.15) is 0 Å². The lowest BCUT2D eigenvalue weighted by Crippen LogP contribution is -2.40. The molecule has 1 aliphatic carbocycles. The van der Waals surface area contributed by atoms with Crippen LogP contribution in [0.4, 0.5) is 8.78 Å². The maximum Gasteiger partial charge on any atom is 0.197 e. The number of halogens is 2. The van der Waals surface area contributed by atoms with Crippen molar-refractivity contribution in [2.75, 3.05) is 0 Å². The number of Topliss-reactive ketones (excluding diaryl/α,β-unsaturated/α-hetero) is 1. The van der Waals surface area contributed by atoms with Gasteiger partial charge in [-0.1, -0.05) is 19.3 Å². The first-order valence-corrected chi connectivity index (χ1v) is 5.75. The van der Waals surface area contributed by atoms with Gasteiger partial charge in [0.15, 0.2) is 5.78 Å². The van der Waals surface area contributed by atoms with Crippen LogP contribution in [-0.4, -0.2) is 16.5 Å². The highest BCUT2D eigenvalue weighted by Gasteiger charge is 2.38. The highest BCUT2D eigenvalue weighted by Crippen LogP contribution is 2.31. The monoisotopic (exact) mass is 240 g/mol. The van der Waals surface area contributed by atoms with Crippen LogP contribution in [0.15, 0.2) is 18.2 Å². The molecular weight excluding hydrogens is 226 g/mol. The minimum absolute atomic E-state index is 0.226. The van der Waals surface area contributed by atoms with Gasteiger partial charge in [-0.3, -0.25) is 4.79 Å². The highest BCUT2D eigenvalue weighted by atomic mass is 19.1. The zero-order chi connectivity index (χ0) is 12.5. The third-order valence-electron chi connectivity index (χ3n) is 3.28. The summed E-state index contributed by atoms with van der Waals surface area (Å²) < 4.78 is 26.2. The predicted molar refractivity (Wildman–Crippen MR) is 58.7 cm³/mol. The average molecular weight is 240 g/mol. The number of hydrogen-bond donors (Lipinski definition) is 1. The lowest BCUT2D eigenvalue weighted by atomic mass is 9.79. The van der Waals surface area contributed by atoms with E-state index in [-0.39, 0.29) is 5.56 Å². The van der Waals surface area contributed by atoms with Crippen molar-refractivity contribution < 1.29 is 18.7 Å².